The average Bonchev–Trinajstić information content (AvgIpc) is 3.20. The second kappa shape index (κ2) is 9.98. The molecular weight excluding hydrogens is 472 g/mol. The summed E-state index contributed by atoms with van der Waals surface area (Å²) in [4.78, 5) is 26.1. The van der Waals surface area contributed by atoms with E-state index in [2.05, 4.69) is 34.9 Å². The third-order valence-corrected chi connectivity index (χ3v) is 8.37. The Kier molecular flexibility index (Phi) is 6.76. The summed E-state index contributed by atoms with van der Waals surface area (Å²) >= 11 is 6.15. The van der Waals surface area contributed by atoms with E-state index in [1.54, 1.807) is 12.1 Å². The molecule has 1 amide bonds. The fourth-order valence-electron chi connectivity index (χ4n) is 6.20. The van der Waals surface area contributed by atoms with Crippen LogP contribution < -0.4 is 10.6 Å². The minimum atomic E-state index is -1.10. The highest BCUT2D eigenvalue weighted by Crippen LogP contribution is 2.54. The normalized spacial score (nSPS) is 24.8. The molecule has 0 bridgehead atoms. The number of halogens is 1. The zero-order valence-electron chi connectivity index (χ0n) is 20.2. The highest BCUT2D eigenvalue weighted by Gasteiger charge is 2.55. The lowest BCUT2D eigenvalue weighted by molar-refractivity contribution is -0.144. The zero-order valence-corrected chi connectivity index (χ0v) is 20.9. The van der Waals surface area contributed by atoms with Gasteiger partial charge in [-0.1, -0.05) is 72.3 Å². The Hall–Kier alpha value is -3.31. The molecule has 3 aromatic rings. The first-order valence-corrected chi connectivity index (χ1v) is 13.0. The molecule has 36 heavy (non-hydrogen) atoms. The van der Waals surface area contributed by atoms with Gasteiger partial charge in [0.05, 0.1) is 5.92 Å². The molecule has 6 heteroatoms. The van der Waals surface area contributed by atoms with Crippen LogP contribution in [0.3, 0.4) is 0 Å². The first-order valence-electron chi connectivity index (χ1n) is 12.6. The number of anilines is 1. The fourth-order valence-corrected chi connectivity index (χ4v) is 6.39. The molecule has 0 aromatic heterocycles. The van der Waals surface area contributed by atoms with Crippen LogP contribution in [0.4, 0.5) is 5.69 Å². The smallest absolute Gasteiger partial charge is 0.329 e. The van der Waals surface area contributed by atoms with Gasteiger partial charge in [-0.15, -0.1) is 0 Å². The van der Waals surface area contributed by atoms with Gasteiger partial charge in [0.2, 0.25) is 5.91 Å². The monoisotopic (exact) mass is 502 g/mol. The summed E-state index contributed by atoms with van der Waals surface area (Å²) in [7, 11) is 0. The summed E-state index contributed by atoms with van der Waals surface area (Å²) in [6.45, 7) is 0.584. The number of benzene rings is 3. The van der Waals surface area contributed by atoms with Gasteiger partial charge >= 0.3 is 5.97 Å². The van der Waals surface area contributed by atoms with Gasteiger partial charge in [-0.3, -0.25) is 4.79 Å². The second-order valence-corrected chi connectivity index (χ2v) is 10.6. The quantitative estimate of drug-likeness (QED) is 0.392. The molecule has 5 nitrogen and oxygen atoms in total. The molecule has 1 atom stereocenters. The number of amides is 1. The maximum atomic E-state index is 13.5. The number of aliphatic carboxylic acids is 1. The van der Waals surface area contributed by atoms with Crippen molar-refractivity contribution in [2.45, 2.75) is 49.5 Å². The van der Waals surface area contributed by atoms with Crippen molar-refractivity contribution < 1.29 is 14.7 Å². The van der Waals surface area contributed by atoms with Crippen LogP contribution in [0.1, 0.15) is 42.4 Å². The van der Waals surface area contributed by atoms with Crippen LogP contribution in [0, 0.1) is 5.92 Å². The van der Waals surface area contributed by atoms with Crippen molar-refractivity contribution in [2.75, 3.05) is 11.9 Å². The maximum absolute atomic E-state index is 13.5. The topological polar surface area (TPSA) is 78.4 Å². The number of carboxylic acids is 1. The predicted octanol–water partition coefficient (Wildman–Crippen LogP) is 5.62. The summed E-state index contributed by atoms with van der Waals surface area (Å²) in [5.41, 5.74) is 2.84. The summed E-state index contributed by atoms with van der Waals surface area (Å²) in [5, 5.41) is 17.3. The molecule has 0 radical (unpaired) electrons. The van der Waals surface area contributed by atoms with Crippen molar-refractivity contribution in [3.8, 4) is 0 Å². The Morgan fingerprint density at radius 2 is 1.64 bits per heavy atom. The largest absolute Gasteiger partial charge is 0.480 e. The number of carboxylic acid groups (broad SMARTS) is 1. The molecule has 186 valence electrons. The van der Waals surface area contributed by atoms with E-state index in [4.69, 9.17) is 11.6 Å². The molecule has 1 fully saturated rings. The van der Waals surface area contributed by atoms with Crippen molar-refractivity contribution in [1.29, 1.82) is 0 Å². The molecule has 1 spiro atoms. The lowest BCUT2D eigenvalue weighted by Crippen LogP contribution is -2.54. The lowest BCUT2D eigenvalue weighted by Gasteiger charge is -2.46. The molecule has 5 rings (SSSR count). The van der Waals surface area contributed by atoms with E-state index >= 15 is 0 Å². The molecular formula is C30H31ClN2O3. The van der Waals surface area contributed by atoms with Gasteiger partial charge in [0, 0.05) is 22.7 Å². The van der Waals surface area contributed by atoms with Crippen LogP contribution in [-0.4, -0.2) is 29.1 Å². The van der Waals surface area contributed by atoms with Crippen LogP contribution in [-0.2, 0) is 27.8 Å². The fraction of sp³-hybridized carbons (Fsp3) is 0.333. The van der Waals surface area contributed by atoms with Gasteiger partial charge in [-0.25, -0.2) is 4.79 Å². The third kappa shape index (κ3) is 4.60. The Morgan fingerprint density at radius 3 is 2.36 bits per heavy atom. The minimum absolute atomic E-state index is 0.0627. The van der Waals surface area contributed by atoms with Gasteiger partial charge < -0.3 is 15.7 Å². The Bertz CT molecular complexity index is 1250. The van der Waals surface area contributed by atoms with Crippen LogP contribution in [0.15, 0.2) is 78.9 Å². The maximum Gasteiger partial charge on any atom is 0.329 e. The van der Waals surface area contributed by atoms with Crippen molar-refractivity contribution in [1.82, 2.24) is 5.32 Å². The van der Waals surface area contributed by atoms with E-state index < -0.39 is 11.5 Å². The Balaban J connectivity index is 1.36. The third-order valence-electron chi connectivity index (χ3n) is 8.13. The molecule has 2 aliphatic carbocycles. The first kappa shape index (κ1) is 24.4. The molecule has 3 N–H and O–H groups in total. The van der Waals surface area contributed by atoms with E-state index in [1.807, 2.05) is 42.5 Å². The van der Waals surface area contributed by atoms with E-state index in [-0.39, 0.29) is 17.2 Å². The van der Waals surface area contributed by atoms with Gasteiger partial charge in [-0.05, 0) is 73.4 Å². The number of carbonyl (C=O) groups is 2. The summed E-state index contributed by atoms with van der Waals surface area (Å²) in [6, 6.07) is 25.6. The van der Waals surface area contributed by atoms with Crippen LogP contribution >= 0.6 is 11.6 Å². The van der Waals surface area contributed by atoms with Gasteiger partial charge in [0.1, 0.15) is 5.54 Å². The SMILES string of the molecule is O=C(NCCc1ccccc1)[C@@H]1Cc2ccccc2C12CCC(Nc1cccc(Cl)c1)(C(=O)O)CC2. The van der Waals surface area contributed by atoms with E-state index in [0.717, 1.165) is 6.42 Å². The van der Waals surface area contributed by atoms with E-state index in [9.17, 15) is 14.7 Å². The first-order chi connectivity index (χ1) is 17.4. The molecule has 0 aliphatic heterocycles. The van der Waals surface area contributed by atoms with Gasteiger partial charge in [-0.2, -0.15) is 0 Å². The number of carbonyl (C=O) groups excluding carboxylic acids is 1. The number of rotatable bonds is 7. The number of nitrogens with one attached hydrogen (secondary N) is 2. The highest BCUT2D eigenvalue weighted by atomic mass is 35.5. The highest BCUT2D eigenvalue weighted by molar-refractivity contribution is 6.30. The van der Waals surface area contributed by atoms with Gasteiger partial charge in [0.15, 0.2) is 0 Å². The number of fused-ring (bicyclic) bond motifs is 2. The summed E-state index contributed by atoms with van der Waals surface area (Å²) < 4.78 is 0. The summed E-state index contributed by atoms with van der Waals surface area (Å²) in [5.74, 6) is -1.01. The molecule has 0 heterocycles. The van der Waals surface area contributed by atoms with Crippen LogP contribution in [0.25, 0.3) is 0 Å². The van der Waals surface area contributed by atoms with Crippen molar-refractivity contribution in [3.05, 3.63) is 101 Å². The molecule has 3 aromatic carbocycles. The molecule has 1 saturated carbocycles. The van der Waals surface area contributed by atoms with Gasteiger partial charge in [0.25, 0.3) is 0 Å². The second-order valence-electron chi connectivity index (χ2n) is 10.1. The van der Waals surface area contributed by atoms with Crippen LogP contribution in [0.2, 0.25) is 5.02 Å². The average molecular weight is 503 g/mol. The van der Waals surface area contributed by atoms with Crippen molar-refractivity contribution in [2.24, 2.45) is 5.92 Å². The molecule has 0 unspecified atom stereocenters. The lowest BCUT2D eigenvalue weighted by atomic mass is 9.60. The molecule has 0 saturated heterocycles. The van der Waals surface area contributed by atoms with Crippen LogP contribution in [0.5, 0.6) is 0 Å². The van der Waals surface area contributed by atoms with E-state index in [1.165, 1.54) is 16.7 Å². The number of hydrogen-bond acceptors (Lipinski definition) is 3. The zero-order chi connectivity index (χ0) is 25.2. The van der Waals surface area contributed by atoms with Crippen molar-refractivity contribution >= 4 is 29.2 Å². The van der Waals surface area contributed by atoms with Crippen molar-refractivity contribution in [3.63, 3.8) is 0 Å². The summed E-state index contributed by atoms with van der Waals surface area (Å²) in [6.07, 6.45) is 3.58. The Morgan fingerprint density at radius 1 is 0.917 bits per heavy atom. The Labute approximate surface area is 216 Å². The van der Waals surface area contributed by atoms with E-state index in [0.29, 0.717) is 49.4 Å². The minimum Gasteiger partial charge on any atom is -0.480 e. The standard InChI is InChI=1S/C30H31ClN2O3/c31-23-10-6-11-24(20-23)33-30(28(35)36)16-14-29(15-17-30)25-12-5-4-9-22(25)19-26(29)27(34)32-18-13-21-7-2-1-3-8-21/h1-12,20,26,33H,13-19H2,(H,32,34)(H,35,36)/t26-,29?,30?/m0/s1. The predicted molar refractivity (Wildman–Crippen MR) is 142 cm³/mol. The molecule has 2 aliphatic rings. The number of hydrogen-bond donors (Lipinski definition) is 3.